The van der Waals surface area contributed by atoms with Crippen molar-refractivity contribution < 1.29 is 0 Å². The first kappa shape index (κ1) is 19.8. The van der Waals surface area contributed by atoms with Crippen LogP contribution >= 0.6 is 41.2 Å². The van der Waals surface area contributed by atoms with E-state index in [1.54, 1.807) is 24.2 Å². The molecule has 0 N–H and O–H groups in total. The third-order valence-electron chi connectivity index (χ3n) is 2.79. The molecule has 0 bridgehead atoms. The summed E-state index contributed by atoms with van der Waals surface area (Å²) in [6.45, 7) is 4.63. The molecular formula is C12H30S4Si2. The molecule has 0 rings (SSSR count). The summed E-state index contributed by atoms with van der Waals surface area (Å²) in [6, 6.07) is 6.26. The van der Waals surface area contributed by atoms with Crippen molar-refractivity contribution in [1.82, 2.24) is 0 Å². The first-order valence-corrected chi connectivity index (χ1v) is 16.6. The molecule has 18 heavy (non-hydrogen) atoms. The fourth-order valence-electron chi connectivity index (χ4n) is 1.64. The maximum atomic E-state index is 2.32. The van der Waals surface area contributed by atoms with Crippen molar-refractivity contribution in [3.8, 4) is 0 Å². The van der Waals surface area contributed by atoms with E-state index in [1.165, 1.54) is 37.2 Å². The summed E-state index contributed by atoms with van der Waals surface area (Å²) in [4.78, 5) is 0. The highest BCUT2D eigenvalue weighted by Crippen LogP contribution is 2.43. The maximum Gasteiger partial charge on any atom is 0.0198 e. The molecule has 0 heterocycles. The van der Waals surface area contributed by atoms with E-state index in [-0.39, 0.29) is 0 Å². The van der Waals surface area contributed by atoms with Crippen LogP contribution in [0.1, 0.15) is 39.5 Å². The van der Waals surface area contributed by atoms with Gasteiger partial charge < -0.3 is 0 Å². The van der Waals surface area contributed by atoms with Crippen molar-refractivity contribution in [3.63, 3.8) is 0 Å². The second kappa shape index (κ2) is 18.8. The van der Waals surface area contributed by atoms with Crippen LogP contribution in [0.4, 0.5) is 0 Å². The van der Waals surface area contributed by atoms with Crippen LogP contribution in [0.5, 0.6) is 0 Å². The van der Waals surface area contributed by atoms with Gasteiger partial charge in [-0.1, -0.05) is 72.5 Å². The highest BCUT2D eigenvalue weighted by Gasteiger charge is 1.95. The van der Waals surface area contributed by atoms with E-state index in [0.717, 1.165) is 0 Å². The molecule has 0 nitrogen and oxygen atoms in total. The van der Waals surface area contributed by atoms with Crippen LogP contribution in [0.2, 0.25) is 24.2 Å². The highest BCUT2D eigenvalue weighted by molar-refractivity contribution is 9.26. The molecule has 0 atom stereocenters. The van der Waals surface area contributed by atoms with Crippen molar-refractivity contribution in [3.05, 3.63) is 0 Å². The van der Waals surface area contributed by atoms with E-state index < -0.39 is 0 Å². The van der Waals surface area contributed by atoms with Gasteiger partial charge in [0, 0.05) is 30.5 Å². The number of rotatable bonds is 15. The molecule has 110 valence electrons. The molecule has 0 unspecified atom stereocenters. The van der Waals surface area contributed by atoms with Gasteiger partial charge in [0.2, 0.25) is 0 Å². The van der Waals surface area contributed by atoms with Crippen LogP contribution in [0.25, 0.3) is 0 Å². The molecule has 0 saturated heterocycles. The molecular weight excluding hydrogens is 329 g/mol. The van der Waals surface area contributed by atoms with E-state index in [4.69, 9.17) is 0 Å². The van der Waals surface area contributed by atoms with E-state index in [1.807, 2.05) is 19.7 Å². The SMILES string of the molecule is CCC[SiH2]CCCSSSSCCC[SiH2]CCC. The summed E-state index contributed by atoms with van der Waals surface area (Å²) in [5.74, 6) is 2.75. The van der Waals surface area contributed by atoms with Crippen LogP contribution in [0, 0.1) is 0 Å². The molecule has 0 aromatic heterocycles. The largest absolute Gasteiger partial charge is 0.0817 e. The van der Waals surface area contributed by atoms with Crippen LogP contribution in [0.3, 0.4) is 0 Å². The van der Waals surface area contributed by atoms with Crippen LogP contribution in [-0.4, -0.2) is 30.5 Å². The second-order valence-electron chi connectivity index (χ2n) is 4.61. The number of hydrogen-bond acceptors (Lipinski definition) is 4. The minimum absolute atomic E-state index is 0.322. The standard InChI is InChI=1S/C12H30S4Si2/c1-3-9-17-11-5-7-13-15-16-14-8-6-12-18-10-4-2/h3-12,17-18H2,1-2H3. The Bertz CT molecular complexity index is 134. The summed E-state index contributed by atoms with van der Waals surface area (Å²) in [6.07, 6.45) is 5.78. The van der Waals surface area contributed by atoms with Gasteiger partial charge in [0.1, 0.15) is 0 Å². The van der Waals surface area contributed by atoms with Gasteiger partial charge in [-0.3, -0.25) is 0 Å². The van der Waals surface area contributed by atoms with Crippen molar-refractivity contribution in [2.45, 2.75) is 63.7 Å². The topological polar surface area (TPSA) is 0 Å². The van der Waals surface area contributed by atoms with Gasteiger partial charge >= 0.3 is 0 Å². The van der Waals surface area contributed by atoms with Gasteiger partial charge in [-0.25, -0.2) is 0 Å². The third-order valence-corrected chi connectivity index (χ3v) is 13.8. The van der Waals surface area contributed by atoms with Crippen LogP contribution < -0.4 is 0 Å². The minimum atomic E-state index is 0.322. The molecule has 0 aliphatic carbocycles. The first-order valence-electron chi connectivity index (χ1n) is 7.49. The molecule has 0 radical (unpaired) electrons. The van der Waals surface area contributed by atoms with Gasteiger partial charge in [0.05, 0.1) is 0 Å². The molecule has 0 aliphatic heterocycles. The summed E-state index contributed by atoms with van der Waals surface area (Å²) in [7, 11) is 8.81. The molecule has 0 spiro atoms. The lowest BCUT2D eigenvalue weighted by Crippen LogP contribution is -1.88. The Morgan fingerprint density at radius 1 is 0.667 bits per heavy atom. The Labute approximate surface area is 135 Å². The van der Waals surface area contributed by atoms with Crippen LogP contribution in [-0.2, 0) is 0 Å². The monoisotopic (exact) mass is 358 g/mol. The lowest BCUT2D eigenvalue weighted by molar-refractivity contribution is 1.03. The Morgan fingerprint density at radius 3 is 1.50 bits per heavy atom. The molecule has 6 heteroatoms. The van der Waals surface area contributed by atoms with Gasteiger partial charge in [-0.05, 0) is 32.5 Å². The Kier molecular flexibility index (Phi) is 20.8. The first-order chi connectivity index (χ1) is 8.91. The second-order valence-corrected chi connectivity index (χ2v) is 15.1. The average molecular weight is 359 g/mol. The molecule has 0 saturated carbocycles. The zero-order chi connectivity index (χ0) is 13.3. The lowest BCUT2D eigenvalue weighted by atomic mass is 10.6. The van der Waals surface area contributed by atoms with Crippen molar-refractivity contribution in [1.29, 1.82) is 0 Å². The highest BCUT2D eigenvalue weighted by atomic mass is 33.7. The molecule has 0 aromatic rings. The Morgan fingerprint density at radius 2 is 1.11 bits per heavy atom. The molecule has 0 amide bonds. The fourth-order valence-corrected chi connectivity index (χ4v) is 11.5. The van der Waals surface area contributed by atoms with Crippen LogP contribution in [0.15, 0.2) is 0 Å². The van der Waals surface area contributed by atoms with Crippen molar-refractivity contribution >= 4 is 60.3 Å². The lowest BCUT2D eigenvalue weighted by Gasteiger charge is -2.01. The zero-order valence-corrected chi connectivity index (χ0v) is 18.2. The van der Waals surface area contributed by atoms with E-state index in [2.05, 4.69) is 35.4 Å². The smallest absolute Gasteiger partial charge is 0.0198 e. The Balaban J connectivity index is 2.86. The fraction of sp³-hybridized carbons (Fsp3) is 1.00. The van der Waals surface area contributed by atoms with Gasteiger partial charge in [0.15, 0.2) is 0 Å². The zero-order valence-electron chi connectivity index (χ0n) is 12.1. The summed E-state index contributed by atoms with van der Waals surface area (Å²) in [5, 5.41) is 0. The quantitative estimate of drug-likeness (QED) is 0.222. The summed E-state index contributed by atoms with van der Waals surface area (Å²) in [5.41, 5.74) is 0. The minimum Gasteiger partial charge on any atom is -0.0817 e. The molecule has 0 fully saturated rings. The summed E-state index contributed by atoms with van der Waals surface area (Å²) >= 11 is 0. The number of hydrogen-bond donors (Lipinski definition) is 0. The predicted octanol–water partition coefficient (Wildman–Crippen LogP) is 5.28. The molecule has 0 aromatic carbocycles. The molecule has 0 aliphatic rings. The predicted molar refractivity (Wildman–Crippen MR) is 106 cm³/mol. The van der Waals surface area contributed by atoms with Gasteiger partial charge in [0.25, 0.3) is 0 Å². The van der Waals surface area contributed by atoms with E-state index >= 15 is 0 Å². The van der Waals surface area contributed by atoms with Gasteiger partial charge in [-0.15, -0.1) is 0 Å². The Hall–Kier alpha value is 1.83. The van der Waals surface area contributed by atoms with Crippen molar-refractivity contribution in [2.75, 3.05) is 11.5 Å². The third kappa shape index (κ3) is 17.8. The van der Waals surface area contributed by atoms with E-state index in [0.29, 0.717) is 19.0 Å². The van der Waals surface area contributed by atoms with Gasteiger partial charge in [-0.2, -0.15) is 0 Å². The normalized spacial score (nSPS) is 12.3. The maximum absolute atomic E-state index is 2.32. The summed E-state index contributed by atoms with van der Waals surface area (Å²) < 4.78 is 0. The average Bonchev–Trinajstić information content (AvgIpc) is 2.39. The van der Waals surface area contributed by atoms with Crippen molar-refractivity contribution in [2.24, 2.45) is 0 Å². The van der Waals surface area contributed by atoms with E-state index in [9.17, 15) is 0 Å².